The van der Waals surface area contributed by atoms with Gasteiger partial charge in [0.15, 0.2) is 17.6 Å². The summed E-state index contributed by atoms with van der Waals surface area (Å²) < 4.78 is 5.10. The number of rotatable bonds is 2. The molecule has 2 rings (SSSR count). The van der Waals surface area contributed by atoms with Crippen LogP contribution in [0.3, 0.4) is 0 Å². The Morgan fingerprint density at radius 1 is 1.38 bits per heavy atom. The molecule has 3 nitrogen and oxygen atoms in total. The first kappa shape index (κ1) is 8.23. The lowest BCUT2D eigenvalue weighted by atomic mass is 10.1. The predicted octanol–water partition coefficient (Wildman–Crippen LogP) is 2.42. The fourth-order valence-electron chi connectivity index (χ4n) is 1.32. The molecule has 2 aromatic rings. The van der Waals surface area contributed by atoms with Crippen LogP contribution in [0.5, 0.6) is 0 Å². The third kappa shape index (κ3) is 1.69. The fraction of sp³-hybridized carbons (Fsp3) is 0.400. The average molecular weight is 176 g/mol. The Kier molecular flexibility index (Phi) is 2.00. The average Bonchev–Trinajstić information content (AvgIpc) is 2.49. The van der Waals surface area contributed by atoms with Crippen molar-refractivity contribution in [3.05, 3.63) is 24.2 Å². The molecule has 0 aliphatic heterocycles. The van der Waals surface area contributed by atoms with Gasteiger partial charge in [-0.1, -0.05) is 13.8 Å². The minimum Gasteiger partial charge on any atom is -0.442 e. The van der Waals surface area contributed by atoms with Crippen LogP contribution in [0.4, 0.5) is 0 Å². The molecule has 0 fully saturated rings. The maximum Gasteiger partial charge on any atom is 0.198 e. The van der Waals surface area contributed by atoms with Gasteiger partial charge in [0.05, 0.1) is 0 Å². The number of nitrogens with zero attached hydrogens (tertiary/aromatic N) is 2. The number of hydrogen-bond donors (Lipinski definition) is 0. The zero-order valence-electron chi connectivity index (χ0n) is 7.82. The Labute approximate surface area is 76.8 Å². The summed E-state index contributed by atoms with van der Waals surface area (Å²) in [5, 5.41) is 0. The standard InChI is InChI=1S/C10H12N2O/c1-7(2)5-8-3-4-9-10(12-8)11-6-13-9/h3-4,6-7H,5H2,1-2H3. The zero-order valence-corrected chi connectivity index (χ0v) is 7.82. The number of hydrogen-bond acceptors (Lipinski definition) is 3. The highest BCUT2D eigenvalue weighted by molar-refractivity contribution is 5.66. The van der Waals surface area contributed by atoms with Crippen molar-refractivity contribution in [2.75, 3.05) is 0 Å². The van der Waals surface area contributed by atoms with Crippen LogP contribution in [-0.4, -0.2) is 9.97 Å². The van der Waals surface area contributed by atoms with Crippen LogP contribution in [-0.2, 0) is 6.42 Å². The van der Waals surface area contributed by atoms with Crippen LogP contribution in [0, 0.1) is 5.92 Å². The van der Waals surface area contributed by atoms with E-state index < -0.39 is 0 Å². The predicted molar refractivity (Wildman–Crippen MR) is 50.3 cm³/mol. The van der Waals surface area contributed by atoms with E-state index in [1.165, 1.54) is 6.39 Å². The maximum absolute atomic E-state index is 5.10. The van der Waals surface area contributed by atoms with Gasteiger partial charge in [0, 0.05) is 5.69 Å². The summed E-state index contributed by atoms with van der Waals surface area (Å²) in [5.41, 5.74) is 2.54. The van der Waals surface area contributed by atoms with Crippen LogP contribution >= 0.6 is 0 Å². The van der Waals surface area contributed by atoms with E-state index >= 15 is 0 Å². The highest BCUT2D eigenvalue weighted by Gasteiger charge is 2.03. The van der Waals surface area contributed by atoms with E-state index in [-0.39, 0.29) is 0 Å². The highest BCUT2D eigenvalue weighted by Crippen LogP contribution is 2.12. The van der Waals surface area contributed by atoms with Crippen LogP contribution in [0.1, 0.15) is 19.5 Å². The monoisotopic (exact) mass is 176 g/mol. The van der Waals surface area contributed by atoms with Crippen molar-refractivity contribution in [2.24, 2.45) is 5.92 Å². The van der Waals surface area contributed by atoms with E-state index in [1.807, 2.05) is 12.1 Å². The minimum atomic E-state index is 0.622. The second-order valence-electron chi connectivity index (χ2n) is 3.57. The lowest BCUT2D eigenvalue weighted by Crippen LogP contribution is -1.96. The van der Waals surface area contributed by atoms with Crippen molar-refractivity contribution >= 4 is 11.2 Å². The van der Waals surface area contributed by atoms with Gasteiger partial charge in [-0.15, -0.1) is 0 Å². The van der Waals surface area contributed by atoms with Crippen molar-refractivity contribution in [2.45, 2.75) is 20.3 Å². The Morgan fingerprint density at radius 3 is 3.00 bits per heavy atom. The Bertz CT molecular complexity index is 406. The SMILES string of the molecule is CC(C)Cc1ccc2ocnc2n1. The van der Waals surface area contributed by atoms with Crippen LogP contribution in [0.2, 0.25) is 0 Å². The minimum absolute atomic E-state index is 0.622. The molecule has 0 saturated carbocycles. The molecule has 68 valence electrons. The summed E-state index contributed by atoms with van der Waals surface area (Å²) >= 11 is 0. The maximum atomic E-state index is 5.10. The van der Waals surface area contributed by atoms with Gasteiger partial charge in [0.25, 0.3) is 0 Å². The van der Waals surface area contributed by atoms with E-state index in [1.54, 1.807) is 0 Å². The van der Waals surface area contributed by atoms with Gasteiger partial charge in [-0.25, -0.2) is 4.98 Å². The van der Waals surface area contributed by atoms with Crippen molar-refractivity contribution in [3.8, 4) is 0 Å². The van der Waals surface area contributed by atoms with E-state index in [0.717, 1.165) is 17.7 Å². The molecule has 0 atom stereocenters. The molecule has 0 aliphatic rings. The van der Waals surface area contributed by atoms with E-state index in [0.29, 0.717) is 11.6 Å². The number of pyridine rings is 1. The molecule has 13 heavy (non-hydrogen) atoms. The summed E-state index contributed by atoms with van der Waals surface area (Å²) in [6.07, 6.45) is 2.42. The van der Waals surface area contributed by atoms with Crippen molar-refractivity contribution in [1.29, 1.82) is 0 Å². The lowest BCUT2D eigenvalue weighted by Gasteiger charge is -2.02. The molecule has 0 aliphatic carbocycles. The summed E-state index contributed by atoms with van der Waals surface area (Å²) in [5.74, 6) is 0.622. The van der Waals surface area contributed by atoms with E-state index in [4.69, 9.17) is 4.42 Å². The Balaban J connectivity index is 2.37. The molecule has 3 heteroatoms. The van der Waals surface area contributed by atoms with E-state index in [2.05, 4.69) is 23.8 Å². The third-order valence-corrected chi connectivity index (χ3v) is 1.87. The van der Waals surface area contributed by atoms with Crippen LogP contribution < -0.4 is 0 Å². The van der Waals surface area contributed by atoms with Gasteiger partial charge >= 0.3 is 0 Å². The topological polar surface area (TPSA) is 38.9 Å². The van der Waals surface area contributed by atoms with Gasteiger partial charge in [-0.2, -0.15) is 4.98 Å². The highest BCUT2D eigenvalue weighted by atomic mass is 16.3. The molecule has 0 aromatic carbocycles. The normalized spacial score (nSPS) is 11.3. The van der Waals surface area contributed by atoms with Crippen molar-refractivity contribution in [3.63, 3.8) is 0 Å². The van der Waals surface area contributed by atoms with Crippen LogP contribution in [0.25, 0.3) is 11.2 Å². The first-order valence-corrected chi connectivity index (χ1v) is 4.45. The molecule has 0 unspecified atom stereocenters. The van der Waals surface area contributed by atoms with Gasteiger partial charge < -0.3 is 4.42 Å². The molecular formula is C10H12N2O. The zero-order chi connectivity index (χ0) is 9.26. The van der Waals surface area contributed by atoms with Gasteiger partial charge in [0.1, 0.15) is 0 Å². The summed E-state index contributed by atoms with van der Waals surface area (Å²) in [6.45, 7) is 4.35. The van der Waals surface area contributed by atoms with Crippen molar-refractivity contribution in [1.82, 2.24) is 9.97 Å². The van der Waals surface area contributed by atoms with Crippen molar-refractivity contribution < 1.29 is 4.42 Å². The molecular weight excluding hydrogens is 164 g/mol. The second-order valence-corrected chi connectivity index (χ2v) is 3.57. The van der Waals surface area contributed by atoms with Crippen LogP contribution in [0.15, 0.2) is 22.9 Å². The van der Waals surface area contributed by atoms with E-state index in [9.17, 15) is 0 Å². The molecule has 0 N–H and O–H groups in total. The number of fused-ring (bicyclic) bond motifs is 1. The smallest absolute Gasteiger partial charge is 0.198 e. The summed E-state index contributed by atoms with van der Waals surface area (Å²) in [4.78, 5) is 8.38. The summed E-state index contributed by atoms with van der Waals surface area (Å²) in [6, 6.07) is 3.92. The fourth-order valence-corrected chi connectivity index (χ4v) is 1.32. The molecule has 0 spiro atoms. The molecule has 0 radical (unpaired) electrons. The Hall–Kier alpha value is -1.38. The first-order chi connectivity index (χ1) is 6.25. The molecule has 0 saturated heterocycles. The first-order valence-electron chi connectivity index (χ1n) is 4.45. The number of oxazole rings is 1. The molecule has 0 bridgehead atoms. The molecule has 2 heterocycles. The Morgan fingerprint density at radius 2 is 2.23 bits per heavy atom. The van der Waals surface area contributed by atoms with Gasteiger partial charge in [-0.3, -0.25) is 0 Å². The largest absolute Gasteiger partial charge is 0.442 e. The van der Waals surface area contributed by atoms with Gasteiger partial charge in [0.2, 0.25) is 0 Å². The third-order valence-electron chi connectivity index (χ3n) is 1.87. The molecule has 0 amide bonds. The quantitative estimate of drug-likeness (QED) is 0.705. The molecule has 2 aromatic heterocycles. The lowest BCUT2D eigenvalue weighted by molar-refractivity contribution is 0.601. The number of aromatic nitrogens is 2. The van der Waals surface area contributed by atoms with Gasteiger partial charge in [-0.05, 0) is 24.5 Å². The second kappa shape index (κ2) is 3.17. The summed E-state index contributed by atoms with van der Waals surface area (Å²) in [7, 11) is 0.